The first-order valence-electron chi connectivity index (χ1n) is 6.36. The lowest BCUT2D eigenvalue weighted by Gasteiger charge is -2.21. The molecule has 0 aliphatic rings. The molecule has 1 aromatic rings. The molecule has 0 amide bonds. The van der Waals surface area contributed by atoms with Crippen molar-refractivity contribution in [2.75, 3.05) is 13.7 Å². The molecular formula is C14H20N2O3S. The molecule has 1 rings (SSSR count). The van der Waals surface area contributed by atoms with Crippen molar-refractivity contribution < 1.29 is 13.2 Å². The second-order valence-corrected chi connectivity index (χ2v) is 6.71. The highest BCUT2D eigenvalue weighted by Gasteiger charge is 2.21. The van der Waals surface area contributed by atoms with Crippen LogP contribution < -0.4 is 4.72 Å². The number of nitrogens with one attached hydrogen (secondary N) is 1. The number of rotatable bonds is 7. The van der Waals surface area contributed by atoms with Crippen LogP contribution in [-0.2, 0) is 20.5 Å². The molecule has 5 nitrogen and oxygen atoms in total. The average Bonchev–Trinajstić information content (AvgIpc) is 2.38. The van der Waals surface area contributed by atoms with Crippen LogP contribution in [0.25, 0.3) is 0 Å². The number of hydrogen-bond donors (Lipinski definition) is 1. The van der Waals surface area contributed by atoms with Gasteiger partial charge in [-0.25, -0.2) is 13.1 Å². The molecule has 0 bridgehead atoms. The van der Waals surface area contributed by atoms with Crippen molar-refractivity contribution >= 4 is 10.0 Å². The van der Waals surface area contributed by atoms with Crippen molar-refractivity contribution in [2.45, 2.75) is 25.6 Å². The highest BCUT2D eigenvalue weighted by atomic mass is 32.2. The number of ether oxygens (including phenoxy) is 1. The fourth-order valence-corrected chi connectivity index (χ4v) is 3.32. The summed E-state index contributed by atoms with van der Waals surface area (Å²) in [7, 11) is -1.98. The molecule has 110 valence electrons. The molecule has 0 heterocycles. The Hall–Kier alpha value is -1.42. The Morgan fingerprint density at radius 1 is 1.35 bits per heavy atom. The van der Waals surface area contributed by atoms with Gasteiger partial charge in [0.1, 0.15) is 0 Å². The third-order valence-corrected chi connectivity index (χ3v) is 4.32. The maximum absolute atomic E-state index is 12.2. The van der Waals surface area contributed by atoms with Crippen molar-refractivity contribution in [3.8, 4) is 6.07 Å². The summed E-state index contributed by atoms with van der Waals surface area (Å²) < 4.78 is 32.0. The van der Waals surface area contributed by atoms with Gasteiger partial charge in [-0.15, -0.1) is 0 Å². The van der Waals surface area contributed by atoms with E-state index in [1.807, 2.05) is 19.9 Å². The maximum atomic E-state index is 12.2. The van der Waals surface area contributed by atoms with Crippen LogP contribution in [0.15, 0.2) is 24.3 Å². The van der Waals surface area contributed by atoms with Crippen LogP contribution in [0, 0.1) is 17.2 Å². The minimum Gasteiger partial charge on any atom is -0.383 e. The summed E-state index contributed by atoms with van der Waals surface area (Å²) in [5, 5.41) is 8.98. The zero-order valence-corrected chi connectivity index (χ0v) is 12.8. The van der Waals surface area contributed by atoms with E-state index in [1.54, 1.807) is 24.3 Å². The van der Waals surface area contributed by atoms with Crippen LogP contribution in [-0.4, -0.2) is 28.2 Å². The fraction of sp³-hybridized carbons (Fsp3) is 0.500. The second-order valence-electron chi connectivity index (χ2n) is 4.95. The van der Waals surface area contributed by atoms with Crippen molar-refractivity contribution in [1.29, 1.82) is 5.26 Å². The number of benzene rings is 1. The summed E-state index contributed by atoms with van der Waals surface area (Å²) in [6.07, 6.45) is 0. The van der Waals surface area contributed by atoms with Gasteiger partial charge in [-0.2, -0.15) is 5.26 Å². The zero-order chi connectivity index (χ0) is 15.2. The van der Waals surface area contributed by atoms with Gasteiger partial charge in [0.25, 0.3) is 0 Å². The molecule has 1 aromatic carbocycles. The van der Waals surface area contributed by atoms with Crippen molar-refractivity contribution in [3.63, 3.8) is 0 Å². The molecule has 0 fully saturated rings. The van der Waals surface area contributed by atoms with Gasteiger partial charge in [-0.1, -0.05) is 32.0 Å². The molecule has 0 radical (unpaired) electrons. The van der Waals surface area contributed by atoms with E-state index in [2.05, 4.69) is 4.72 Å². The molecule has 0 aliphatic heterocycles. The number of sulfonamides is 1. The third kappa shape index (κ3) is 4.93. The van der Waals surface area contributed by atoms with Crippen molar-refractivity contribution in [3.05, 3.63) is 35.4 Å². The predicted molar refractivity (Wildman–Crippen MR) is 77.4 cm³/mol. The van der Waals surface area contributed by atoms with Gasteiger partial charge in [0.15, 0.2) is 0 Å². The molecule has 6 heteroatoms. The van der Waals surface area contributed by atoms with Gasteiger partial charge in [-0.3, -0.25) is 0 Å². The van der Waals surface area contributed by atoms with Gasteiger partial charge in [0.2, 0.25) is 10.0 Å². The molecule has 20 heavy (non-hydrogen) atoms. The van der Waals surface area contributed by atoms with Crippen LogP contribution >= 0.6 is 0 Å². The van der Waals surface area contributed by atoms with Crippen LogP contribution in [0.3, 0.4) is 0 Å². The largest absolute Gasteiger partial charge is 0.383 e. The van der Waals surface area contributed by atoms with E-state index in [9.17, 15) is 8.42 Å². The first-order chi connectivity index (χ1) is 9.39. The molecule has 0 spiro atoms. The Morgan fingerprint density at radius 2 is 2.00 bits per heavy atom. The molecule has 0 aromatic heterocycles. The standard InChI is InChI=1S/C14H20N2O3S/c1-11(2)14(9-19-3)16-20(17,18)10-13-7-5-4-6-12(13)8-15/h4-7,11,14,16H,9-10H2,1-3H3. The maximum Gasteiger partial charge on any atom is 0.216 e. The first-order valence-corrected chi connectivity index (χ1v) is 8.01. The monoisotopic (exact) mass is 296 g/mol. The molecule has 1 unspecified atom stereocenters. The van der Waals surface area contributed by atoms with Crippen LogP contribution in [0.4, 0.5) is 0 Å². The number of nitrogens with zero attached hydrogens (tertiary/aromatic N) is 1. The van der Waals surface area contributed by atoms with E-state index in [0.29, 0.717) is 17.7 Å². The van der Waals surface area contributed by atoms with Crippen LogP contribution in [0.1, 0.15) is 25.0 Å². The molecule has 1 N–H and O–H groups in total. The topological polar surface area (TPSA) is 79.2 Å². The minimum atomic E-state index is -3.51. The van der Waals surface area contributed by atoms with Gasteiger partial charge in [0, 0.05) is 13.2 Å². The summed E-state index contributed by atoms with van der Waals surface area (Å²) in [6.45, 7) is 4.17. The minimum absolute atomic E-state index is 0.121. The Balaban J connectivity index is 2.87. The third-order valence-electron chi connectivity index (χ3n) is 2.97. The Labute approximate surface area is 120 Å². The average molecular weight is 296 g/mol. The van der Waals surface area contributed by atoms with E-state index in [1.165, 1.54) is 7.11 Å². The number of nitriles is 1. The molecule has 0 saturated carbocycles. The molecule has 0 aliphatic carbocycles. The summed E-state index contributed by atoms with van der Waals surface area (Å²) in [5.41, 5.74) is 0.883. The number of methoxy groups -OCH3 is 1. The quantitative estimate of drug-likeness (QED) is 0.829. The van der Waals surface area contributed by atoms with Gasteiger partial charge in [0.05, 0.1) is 24.0 Å². The summed E-state index contributed by atoms with van der Waals surface area (Å²) in [4.78, 5) is 0. The lowest BCUT2D eigenvalue weighted by atomic mass is 10.1. The predicted octanol–water partition coefficient (Wildman–Crippen LogP) is 1.65. The second kappa shape index (κ2) is 7.39. The molecule has 0 saturated heterocycles. The van der Waals surface area contributed by atoms with E-state index < -0.39 is 10.0 Å². The highest BCUT2D eigenvalue weighted by molar-refractivity contribution is 7.88. The fourth-order valence-electron chi connectivity index (χ4n) is 1.77. The highest BCUT2D eigenvalue weighted by Crippen LogP contribution is 2.12. The van der Waals surface area contributed by atoms with Crippen LogP contribution in [0.5, 0.6) is 0 Å². The van der Waals surface area contributed by atoms with E-state index >= 15 is 0 Å². The summed E-state index contributed by atoms with van der Waals surface area (Å²) in [6, 6.07) is 8.42. The van der Waals surface area contributed by atoms with Crippen molar-refractivity contribution in [2.24, 2.45) is 5.92 Å². The van der Waals surface area contributed by atoms with Crippen LogP contribution in [0.2, 0.25) is 0 Å². The first kappa shape index (κ1) is 16.6. The van der Waals surface area contributed by atoms with Crippen molar-refractivity contribution in [1.82, 2.24) is 4.72 Å². The Bertz CT molecular complexity index is 576. The zero-order valence-electron chi connectivity index (χ0n) is 12.0. The SMILES string of the molecule is COCC(NS(=O)(=O)Cc1ccccc1C#N)C(C)C. The van der Waals surface area contributed by atoms with E-state index in [-0.39, 0.29) is 17.7 Å². The smallest absolute Gasteiger partial charge is 0.216 e. The lowest BCUT2D eigenvalue weighted by molar-refractivity contribution is 0.157. The normalized spacial score (nSPS) is 13.2. The Kier molecular flexibility index (Phi) is 6.14. The van der Waals surface area contributed by atoms with Gasteiger partial charge in [-0.05, 0) is 17.5 Å². The van der Waals surface area contributed by atoms with E-state index in [0.717, 1.165) is 0 Å². The molecular weight excluding hydrogens is 276 g/mol. The van der Waals surface area contributed by atoms with Gasteiger partial charge < -0.3 is 4.74 Å². The van der Waals surface area contributed by atoms with Gasteiger partial charge >= 0.3 is 0 Å². The lowest BCUT2D eigenvalue weighted by Crippen LogP contribution is -2.42. The molecule has 1 atom stereocenters. The van der Waals surface area contributed by atoms with E-state index in [4.69, 9.17) is 10.00 Å². The summed E-state index contributed by atoms with van der Waals surface area (Å²) >= 11 is 0. The number of hydrogen-bond acceptors (Lipinski definition) is 4. The Morgan fingerprint density at radius 3 is 2.55 bits per heavy atom. The summed E-state index contributed by atoms with van der Waals surface area (Å²) in [5.74, 6) is -0.0835.